The third-order valence-corrected chi connectivity index (χ3v) is 3.45. The molecule has 2 rings (SSSR count). The fraction of sp³-hybridized carbons (Fsp3) is 0.133. The van der Waals surface area contributed by atoms with Gasteiger partial charge in [0.1, 0.15) is 5.82 Å². The topological polar surface area (TPSA) is 55.1 Å². The van der Waals surface area contributed by atoms with Gasteiger partial charge in [-0.1, -0.05) is 28.9 Å². The number of nitrogen functional groups attached to an aromatic ring is 1. The lowest BCUT2D eigenvalue weighted by atomic mass is 10.1. The summed E-state index contributed by atoms with van der Waals surface area (Å²) in [6, 6.07) is 9.58. The summed E-state index contributed by atoms with van der Waals surface area (Å²) in [5.41, 5.74) is 8.03. The minimum atomic E-state index is -0.574. The highest BCUT2D eigenvalue weighted by Crippen LogP contribution is 2.20. The number of hydrogen-bond donors (Lipinski definition) is 2. The van der Waals surface area contributed by atoms with Crippen molar-refractivity contribution in [2.75, 3.05) is 11.1 Å². The molecule has 0 aliphatic carbocycles. The van der Waals surface area contributed by atoms with Gasteiger partial charge in [0.05, 0.1) is 5.56 Å². The minimum absolute atomic E-state index is 0.00802. The summed E-state index contributed by atoms with van der Waals surface area (Å²) in [5, 5.41) is 2.64. The quantitative estimate of drug-likeness (QED) is 0.832. The van der Waals surface area contributed by atoms with Crippen LogP contribution in [-0.4, -0.2) is 5.91 Å². The molecule has 0 aromatic heterocycles. The van der Waals surface area contributed by atoms with Crippen molar-refractivity contribution in [3.05, 3.63) is 57.8 Å². The number of rotatable bonds is 3. The first-order chi connectivity index (χ1) is 9.51. The predicted molar refractivity (Wildman–Crippen MR) is 82.3 cm³/mol. The lowest BCUT2D eigenvalue weighted by Crippen LogP contribution is -2.14. The van der Waals surface area contributed by atoms with Crippen molar-refractivity contribution in [1.29, 1.82) is 0 Å². The van der Waals surface area contributed by atoms with Crippen molar-refractivity contribution in [2.45, 2.75) is 13.3 Å². The zero-order valence-corrected chi connectivity index (χ0v) is 12.5. The predicted octanol–water partition coefficient (Wildman–Crippen LogP) is 3.99. The number of halogens is 2. The van der Waals surface area contributed by atoms with Crippen molar-refractivity contribution in [1.82, 2.24) is 0 Å². The molecule has 1 amide bonds. The van der Waals surface area contributed by atoms with E-state index in [1.807, 2.05) is 13.0 Å². The fourth-order valence-electron chi connectivity index (χ4n) is 1.87. The molecule has 0 unspecified atom stereocenters. The lowest BCUT2D eigenvalue weighted by molar-refractivity contribution is 0.102. The summed E-state index contributed by atoms with van der Waals surface area (Å²) >= 11 is 3.15. The number of nitrogens with one attached hydrogen (secondary N) is 1. The van der Waals surface area contributed by atoms with E-state index in [1.54, 1.807) is 18.2 Å². The van der Waals surface area contributed by atoms with E-state index in [1.165, 1.54) is 12.1 Å². The molecule has 0 radical (unpaired) electrons. The van der Waals surface area contributed by atoms with Crippen molar-refractivity contribution >= 4 is 33.2 Å². The van der Waals surface area contributed by atoms with Crippen molar-refractivity contribution in [2.24, 2.45) is 0 Å². The van der Waals surface area contributed by atoms with Crippen molar-refractivity contribution in [3.63, 3.8) is 0 Å². The number of anilines is 2. The van der Waals surface area contributed by atoms with E-state index in [0.29, 0.717) is 15.8 Å². The molecule has 104 valence electrons. The number of aryl methyl sites for hydroxylation is 1. The first-order valence-corrected chi connectivity index (χ1v) is 6.95. The van der Waals surface area contributed by atoms with Crippen LogP contribution in [0.2, 0.25) is 0 Å². The highest BCUT2D eigenvalue weighted by Gasteiger charge is 2.12. The third kappa shape index (κ3) is 3.17. The standard InChI is InChI=1S/C15H14BrFN2O/c1-2-9-3-5-11(8-14(9)18)19-15(20)12-6-4-10(16)7-13(12)17/h3-8H,2,18H2,1H3,(H,19,20). The molecule has 0 bridgehead atoms. The molecule has 3 nitrogen and oxygen atoms in total. The van der Waals surface area contributed by atoms with Crippen LogP contribution in [0.1, 0.15) is 22.8 Å². The Morgan fingerprint density at radius 3 is 2.65 bits per heavy atom. The van der Waals surface area contributed by atoms with E-state index >= 15 is 0 Å². The Morgan fingerprint density at radius 1 is 1.30 bits per heavy atom. The molecule has 0 saturated heterocycles. The third-order valence-electron chi connectivity index (χ3n) is 2.96. The Morgan fingerprint density at radius 2 is 2.05 bits per heavy atom. The van der Waals surface area contributed by atoms with Crippen molar-refractivity contribution < 1.29 is 9.18 Å². The van der Waals surface area contributed by atoms with Gasteiger partial charge in [0.15, 0.2) is 0 Å². The van der Waals surface area contributed by atoms with Crippen LogP contribution in [0.3, 0.4) is 0 Å². The van der Waals surface area contributed by atoms with Gasteiger partial charge in [-0.25, -0.2) is 4.39 Å². The molecule has 0 aliphatic rings. The molecule has 0 heterocycles. The molecule has 0 fully saturated rings. The first-order valence-electron chi connectivity index (χ1n) is 6.16. The second kappa shape index (κ2) is 6.05. The average Bonchev–Trinajstić information content (AvgIpc) is 2.38. The molecule has 2 aromatic carbocycles. The Hall–Kier alpha value is -1.88. The van der Waals surface area contributed by atoms with Crippen LogP contribution < -0.4 is 11.1 Å². The molecule has 3 N–H and O–H groups in total. The van der Waals surface area contributed by atoms with Crippen LogP contribution in [0.25, 0.3) is 0 Å². The Balaban J connectivity index is 2.21. The van der Waals surface area contributed by atoms with Crippen LogP contribution in [0, 0.1) is 5.82 Å². The van der Waals surface area contributed by atoms with Gasteiger partial charge in [-0.3, -0.25) is 4.79 Å². The Bertz CT molecular complexity index is 658. The Kier molecular flexibility index (Phi) is 4.39. The lowest BCUT2D eigenvalue weighted by Gasteiger charge is -2.09. The molecule has 0 saturated carbocycles. The summed E-state index contributed by atoms with van der Waals surface area (Å²) in [6.07, 6.45) is 0.821. The van der Waals surface area contributed by atoms with Crippen LogP contribution >= 0.6 is 15.9 Å². The summed E-state index contributed by atoms with van der Waals surface area (Å²) < 4.78 is 14.3. The van der Waals surface area contributed by atoms with Crippen molar-refractivity contribution in [3.8, 4) is 0 Å². The second-order valence-corrected chi connectivity index (χ2v) is 5.26. The van der Waals surface area contributed by atoms with Crippen LogP contribution in [-0.2, 0) is 6.42 Å². The van der Waals surface area contributed by atoms with Gasteiger partial charge in [-0.15, -0.1) is 0 Å². The molecular weight excluding hydrogens is 323 g/mol. The molecule has 5 heteroatoms. The molecule has 0 spiro atoms. The highest BCUT2D eigenvalue weighted by molar-refractivity contribution is 9.10. The van der Waals surface area contributed by atoms with Gasteiger partial charge in [0.25, 0.3) is 5.91 Å². The molecular formula is C15H14BrFN2O. The average molecular weight is 337 g/mol. The number of benzene rings is 2. The number of carbonyl (C=O) groups excluding carboxylic acids is 1. The van der Waals surface area contributed by atoms with E-state index in [0.717, 1.165) is 12.0 Å². The van der Waals surface area contributed by atoms with Gasteiger partial charge in [0.2, 0.25) is 0 Å². The van der Waals surface area contributed by atoms with Gasteiger partial charge in [-0.05, 0) is 42.3 Å². The summed E-state index contributed by atoms with van der Waals surface area (Å²) in [5.74, 6) is -1.08. The largest absolute Gasteiger partial charge is 0.398 e. The van der Waals surface area contributed by atoms with E-state index in [-0.39, 0.29) is 5.56 Å². The second-order valence-electron chi connectivity index (χ2n) is 4.35. The summed E-state index contributed by atoms with van der Waals surface area (Å²) in [6.45, 7) is 2.00. The summed E-state index contributed by atoms with van der Waals surface area (Å²) in [4.78, 5) is 12.0. The van der Waals surface area contributed by atoms with Gasteiger partial charge >= 0.3 is 0 Å². The van der Waals surface area contributed by atoms with Gasteiger partial charge in [0, 0.05) is 15.8 Å². The maximum absolute atomic E-state index is 13.7. The number of nitrogens with two attached hydrogens (primary N) is 1. The smallest absolute Gasteiger partial charge is 0.258 e. The molecule has 2 aromatic rings. The minimum Gasteiger partial charge on any atom is -0.398 e. The first kappa shape index (κ1) is 14.5. The van der Waals surface area contributed by atoms with E-state index < -0.39 is 11.7 Å². The maximum Gasteiger partial charge on any atom is 0.258 e. The number of hydrogen-bond acceptors (Lipinski definition) is 2. The summed E-state index contributed by atoms with van der Waals surface area (Å²) in [7, 11) is 0. The van der Waals surface area contributed by atoms with Gasteiger partial charge in [-0.2, -0.15) is 0 Å². The van der Waals surface area contributed by atoms with E-state index in [4.69, 9.17) is 5.73 Å². The molecule has 0 atom stereocenters. The normalized spacial score (nSPS) is 10.3. The van der Waals surface area contributed by atoms with E-state index in [9.17, 15) is 9.18 Å². The van der Waals surface area contributed by atoms with Crippen LogP contribution in [0.5, 0.6) is 0 Å². The fourth-order valence-corrected chi connectivity index (χ4v) is 2.20. The zero-order chi connectivity index (χ0) is 14.7. The van der Waals surface area contributed by atoms with E-state index in [2.05, 4.69) is 21.2 Å². The zero-order valence-electron chi connectivity index (χ0n) is 10.9. The van der Waals surface area contributed by atoms with Gasteiger partial charge < -0.3 is 11.1 Å². The monoisotopic (exact) mass is 336 g/mol. The van der Waals surface area contributed by atoms with Crippen LogP contribution in [0.15, 0.2) is 40.9 Å². The number of carbonyl (C=O) groups is 1. The van der Waals surface area contributed by atoms with Crippen LogP contribution in [0.4, 0.5) is 15.8 Å². The SMILES string of the molecule is CCc1ccc(NC(=O)c2ccc(Br)cc2F)cc1N. The highest BCUT2D eigenvalue weighted by atomic mass is 79.9. The Labute approximate surface area is 125 Å². The maximum atomic E-state index is 13.7. The molecule has 20 heavy (non-hydrogen) atoms. The molecule has 0 aliphatic heterocycles. The number of amides is 1.